The van der Waals surface area contributed by atoms with Crippen molar-refractivity contribution >= 4 is 22.1 Å². The third-order valence-corrected chi connectivity index (χ3v) is 4.09. The average molecular weight is 344 g/mol. The van der Waals surface area contributed by atoms with Gasteiger partial charge in [0.1, 0.15) is 0 Å². The summed E-state index contributed by atoms with van der Waals surface area (Å²) in [6.07, 6.45) is -2.13. The van der Waals surface area contributed by atoms with E-state index in [4.69, 9.17) is 13.7 Å². The molecule has 0 amide bonds. The molecule has 1 aromatic rings. The van der Waals surface area contributed by atoms with Crippen LogP contribution >= 0.6 is 0 Å². The molecule has 0 saturated heterocycles. The molecule has 0 aliphatic rings. The first-order chi connectivity index (χ1) is 10.8. The first-order valence-corrected chi connectivity index (χ1v) is 8.53. The first-order valence-electron chi connectivity index (χ1n) is 7.12. The third kappa shape index (κ3) is 5.99. The Hall–Kier alpha value is -1.93. The Balaban J connectivity index is 2.96. The van der Waals surface area contributed by atoms with Crippen molar-refractivity contribution in [3.05, 3.63) is 29.8 Å². The van der Waals surface area contributed by atoms with Crippen LogP contribution in [0.15, 0.2) is 29.2 Å². The highest BCUT2D eigenvalue weighted by Crippen LogP contribution is 2.17. The smallest absolute Gasteiger partial charge is 0.337 e. The zero-order chi connectivity index (χ0) is 17.5. The standard InChI is InChI=1S/C15H20O7S/c1-4-20-14(16)10-13(15(17)21-5-2)22-23(18,19)12-8-6-11(3)7-9-12/h6-9,13H,4-5,10H2,1-3H3/t13-/m1/s1. The van der Waals surface area contributed by atoms with Gasteiger partial charge in [-0.1, -0.05) is 17.7 Å². The van der Waals surface area contributed by atoms with E-state index in [1.54, 1.807) is 32.9 Å². The van der Waals surface area contributed by atoms with Gasteiger partial charge in [-0.15, -0.1) is 0 Å². The van der Waals surface area contributed by atoms with Crippen molar-refractivity contribution in [3.63, 3.8) is 0 Å². The lowest BCUT2D eigenvalue weighted by Gasteiger charge is -2.15. The van der Waals surface area contributed by atoms with E-state index in [0.717, 1.165) is 5.56 Å². The maximum Gasteiger partial charge on any atom is 0.337 e. The SMILES string of the molecule is CCOC(=O)C[C@@H](OS(=O)(=O)c1ccc(C)cc1)C(=O)OCC. The number of rotatable bonds is 8. The predicted octanol–water partition coefficient (Wildman–Crippen LogP) is 1.59. The second kappa shape index (κ2) is 8.64. The fourth-order valence-electron chi connectivity index (χ4n) is 1.68. The molecule has 23 heavy (non-hydrogen) atoms. The number of aryl methyl sites for hydroxylation is 1. The van der Waals surface area contributed by atoms with Crippen LogP contribution in [0.25, 0.3) is 0 Å². The molecule has 128 valence electrons. The second-order valence-corrected chi connectivity index (χ2v) is 6.19. The lowest BCUT2D eigenvalue weighted by atomic mass is 10.2. The van der Waals surface area contributed by atoms with Crippen molar-refractivity contribution < 1.29 is 31.7 Å². The molecule has 0 aliphatic carbocycles. The molecule has 0 radical (unpaired) electrons. The van der Waals surface area contributed by atoms with Crippen LogP contribution in [0.3, 0.4) is 0 Å². The van der Waals surface area contributed by atoms with Gasteiger partial charge < -0.3 is 9.47 Å². The topological polar surface area (TPSA) is 96.0 Å². The van der Waals surface area contributed by atoms with Gasteiger partial charge in [-0.2, -0.15) is 8.42 Å². The summed E-state index contributed by atoms with van der Waals surface area (Å²) in [7, 11) is -4.21. The molecule has 0 saturated carbocycles. The van der Waals surface area contributed by atoms with Crippen LogP contribution in [0.5, 0.6) is 0 Å². The molecule has 0 spiro atoms. The van der Waals surface area contributed by atoms with Gasteiger partial charge in [0.25, 0.3) is 10.1 Å². The molecule has 0 unspecified atom stereocenters. The van der Waals surface area contributed by atoms with Gasteiger partial charge in [0.15, 0.2) is 6.10 Å². The number of carbonyl (C=O) groups excluding carboxylic acids is 2. The Bertz CT molecular complexity index is 634. The molecule has 0 heterocycles. The average Bonchev–Trinajstić information content (AvgIpc) is 2.47. The van der Waals surface area contributed by atoms with E-state index < -0.39 is 34.6 Å². The van der Waals surface area contributed by atoms with Crippen LogP contribution in [0.1, 0.15) is 25.8 Å². The zero-order valence-corrected chi connectivity index (χ0v) is 14.1. The van der Waals surface area contributed by atoms with Gasteiger partial charge in [-0.25, -0.2) is 4.79 Å². The van der Waals surface area contributed by atoms with E-state index in [-0.39, 0.29) is 18.1 Å². The number of hydrogen-bond donors (Lipinski definition) is 0. The molecule has 8 heteroatoms. The highest BCUT2D eigenvalue weighted by atomic mass is 32.2. The highest BCUT2D eigenvalue weighted by Gasteiger charge is 2.31. The van der Waals surface area contributed by atoms with E-state index >= 15 is 0 Å². The summed E-state index contributed by atoms with van der Waals surface area (Å²) >= 11 is 0. The van der Waals surface area contributed by atoms with Crippen LogP contribution in [0.2, 0.25) is 0 Å². The zero-order valence-electron chi connectivity index (χ0n) is 13.3. The van der Waals surface area contributed by atoms with Gasteiger partial charge in [0, 0.05) is 0 Å². The lowest BCUT2D eigenvalue weighted by Crippen LogP contribution is -2.32. The van der Waals surface area contributed by atoms with Crippen LogP contribution in [0.4, 0.5) is 0 Å². The van der Waals surface area contributed by atoms with Gasteiger partial charge in [0.05, 0.1) is 24.5 Å². The molecular weight excluding hydrogens is 324 g/mol. The quantitative estimate of drug-likeness (QED) is 0.522. The number of esters is 2. The maximum atomic E-state index is 12.2. The van der Waals surface area contributed by atoms with Crippen molar-refractivity contribution in [2.24, 2.45) is 0 Å². The minimum Gasteiger partial charge on any atom is -0.466 e. The Kier molecular flexibility index (Phi) is 7.18. The Morgan fingerprint density at radius 3 is 2.13 bits per heavy atom. The number of ether oxygens (including phenoxy) is 2. The second-order valence-electron chi connectivity index (χ2n) is 4.61. The molecule has 0 bridgehead atoms. The number of hydrogen-bond acceptors (Lipinski definition) is 7. The predicted molar refractivity (Wildman–Crippen MR) is 81.1 cm³/mol. The van der Waals surface area contributed by atoms with E-state index in [9.17, 15) is 18.0 Å². The number of carbonyl (C=O) groups is 2. The molecule has 0 aliphatic heterocycles. The normalized spacial score (nSPS) is 12.5. The van der Waals surface area contributed by atoms with E-state index in [0.29, 0.717) is 0 Å². The molecule has 0 fully saturated rings. The summed E-state index contributed by atoms with van der Waals surface area (Å²) in [6, 6.07) is 5.91. The number of benzene rings is 1. The molecule has 0 aromatic heterocycles. The minimum atomic E-state index is -4.21. The van der Waals surface area contributed by atoms with Crippen LogP contribution in [-0.2, 0) is 33.4 Å². The monoisotopic (exact) mass is 344 g/mol. The van der Waals surface area contributed by atoms with Gasteiger partial charge >= 0.3 is 11.9 Å². The summed E-state index contributed by atoms with van der Waals surface area (Å²) < 4.78 is 38.8. The lowest BCUT2D eigenvalue weighted by molar-refractivity contribution is -0.157. The summed E-state index contributed by atoms with van der Waals surface area (Å²) in [6.45, 7) is 5.11. The van der Waals surface area contributed by atoms with Gasteiger partial charge in [0.2, 0.25) is 0 Å². The van der Waals surface area contributed by atoms with Crippen molar-refractivity contribution in [1.29, 1.82) is 0 Å². The van der Waals surface area contributed by atoms with Gasteiger partial charge in [-0.3, -0.25) is 8.98 Å². The first kappa shape index (κ1) is 19.1. The van der Waals surface area contributed by atoms with Crippen molar-refractivity contribution in [2.45, 2.75) is 38.2 Å². The van der Waals surface area contributed by atoms with Crippen molar-refractivity contribution in [3.8, 4) is 0 Å². The largest absolute Gasteiger partial charge is 0.466 e. The summed E-state index contributed by atoms with van der Waals surface area (Å²) in [4.78, 5) is 23.2. The van der Waals surface area contributed by atoms with Crippen LogP contribution in [0, 0.1) is 6.92 Å². The van der Waals surface area contributed by atoms with Crippen LogP contribution in [-0.4, -0.2) is 39.7 Å². The Morgan fingerprint density at radius 2 is 1.61 bits per heavy atom. The fraction of sp³-hybridized carbons (Fsp3) is 0.467. The minimum absolute atomic E-state index is 0.0338. The molecule has 7 nitrogen and oxygen atoms in total. The Labute approximate surface area is 135 Å². The molecule has 1 aromatic carbocycles. The van der Waals surface area contributed by atoms with E-state index in [2.05, 4.69) is 0 Å². The van der Waals surface area contributed by atoms with Gasteiger partial charge in [-0.05, 0) is 32.9 Å². The molecule has 1 atom stereocenters. The summed E-state index contributed by atoms with van der Waals surface area (Å²) in [5.74, 6) is -1.68. The van der Waals surface area contributed by atoms with Crippen LogP contribution < -0.4 is 0 Å². The molecular formula is C15H20O7S. The third-order valence-electron chi connectivity index (χ3n) is 2.76. The molecule has 1 rings (SSSR count). The summed E-state index contributed by atoms with van der Waals surface area (Å²) in [5, 5.41) is 0. The summed E-state index contributed by atoms with van der Waals surface area (Å²) in [5.41, 5.74) is 0.873. The van der Waals surface area contributed by atoms with E-state index in [1.165, 1.54) is 12.1 Å². The highest BCUT2D eigenvalue weighted by molar-refractivity contribution is 7.86. The fourth-order valence-corrected chi connectivity index (χ4v) is 2.71. The Morgan fingerprint density at radius 1 is 1.04 bits per heavy atom. The maximum absolute atomic E-state index is 12.2. The van der Waals surface area contributed by atoms with E-state index in [1.807, 2.05) is 0 Å². The van der Waals surface area contributed by atoms with Crippen molar-refractivity contribution in [1.82, 2.24) is 0 Å². The van der Waals surface area contributed by atoms with Crippen molar-refractivity contribution in [2.75, 3.05) is 13.2 Å². The molecule has 0 N–H and O–H groups in total.